The van der Waals surface area contributed by atoms with Gasteiger partial charge < -0.3 is 9.80 Å². The highest BCUT2D eigenvalue weighted by molar-refractivity contribution is 7.00. The number of hydrogen-bond donors (Lipinski definition) is 0. The highest BCUT2D eigenvalue weighted by Gasteiger charge is 2.48. The van der Waals surface area contributed by atoms with Crippen molar-refractivity contribution in [2.75, 3.05) is 9.80 Å². The van der Waals surface area contributed by atoms with E-state index in [2.05, 4.69) is 283 Å². The van der Waals surface area contributed by atoms with Crippen LogP contribution in [0.1, 0.15) is 22.3 Å². The summed E-state index contributed by atoms with van der Waals surface area (Å²) in [5.74, 6) is 0. The molecular formula is C67H45BN2. The fourth-order valence-electron chi connectivity index (χ4n) is 12.4. The van der Waals surface area contributed by atoms with Gasteiger partial charge >= 0.3 is 0 Å². The van der Waals surface area contributed by atoms with E-state index < -0.39 is 5.41 Å². The summed E-state index contributed by atoms with van der Waals surface area (Å²) in [6.07, 6.45) is 0. The smallest absolute Gasteiger partial charge is 0.252 e. The Kier molecular flexibility index (Phi) is 9.25. The summed E-state index contributed by atoms with van der Waals surface area (Å²) >= 11 is 0. The van der Waals surface area contributed by atoms with Crippen molar-refractivity contribution in [3.05, 3.63) is 295 Å². The molecule has 326 valence electrons. The van der Waals surface area contributed by atoms with Gasteiger partial charge in [-0.2, -0.15) is 0 Å². The Morgan fingerprint density at radius 3 is 1.30 bits per heavy atom. The van der Waals surface area contributed by atoms with E-state index in [1.54, 1.807) is 0 Å². The zero-order chi connectivity index (χ0) is 46.2. The van der Waals surface area contributed by atoms with Crippen LogP contribution < -0.4 is 26.2 Å². The second-order valence-electron chi connectivity index (χ2n) is 18.7. The summed E-state index contributed by atoms with van der Waals surface area (Å²) in [6.45, 7) is -0.0469. The first kappa shape index (κ1) is 40.2. The third-order valence-electron chi connectivity index (χ3n) is 15.2. The van der Waals surface area contributed by atoms with Gasteiger partial charge in [-0.15, -0.1) is 0 Å². The summed E-state index contributed by atoms with van der Waals surface area (Å²) in [5, 5.41) is 0. The largest absolute Gasteiger partial charge is 0.311 e. The number of hydrogen-bond acceptors (Lipinski definition) is 2. The van der Waals surface area contributed by atoms with Gasteiger partial charge in [-0.25, -0.2) is 0 Å². The molecule has 11 aromatic rings. The molecule has 0 N–H and O–H groups in total. The van der Waals surface area contributed by atoms with Crippen LogP contribution in [0, 0.1) is 0 Å². The molecule has 3 heteroatoms. The van der Waals surface area contributed by atoms with Crippen LogP contribution in [0.3, 0.4) is 0 Å². The van der Waals surface area contributed by atoms with E-state index in [1.807, 2.05) is 0 Å². The second-order valence-corrected chi connectivity index (χ2v) is 18.7. The normalized spacial score (nSPS) is 13.5. The number of rotatable bonds is 7. The van der Waals surface area contributed by atoms with Gasteiger partial charge in [0.2, 0.25) is 0 Å². The molecule has 0 fully saturated rings. The monoisotopic (exact) mass is 888 g/mol. The maximum atomic E-state index is 2.55. The lowest BCUT2D eigenvalue weighted by atomic mass is 9.33. The Morgan fingerprint density at radius 2 is 0.700 bits per heavy atom. The van der Waals surface area contributed by atoms with Crippen molar-refractivity contribution in [1.29, 1.82) is 0 Å². The van der Waals surface area contributed by atoms with Crippen molar-refractivity contribution in [3.8, 4) is 44.5 Å². The minimum Gasteiger partial charge on any atom is -0.311 e. The van der Waals surface area contributed by atoms with Gasteiger partial charge in [0.25, 0.3) is 6.71 Å². The van der Waals surface area contributed by atoms with Crippen molar-refractivity contribution in [3.63, 3.8) is 0 Å². The van der Waals surface area contributed by atoms with Crippen molar-refractivity contribution in [2.45, 2.75) is 5.41 Å². The Morgan fingerprint density at radius 1 is 0.271 bits per heavy atom. The molecule has 0 spiro atoms. The first-order valence-corrected chi connectivity index (χ1v) is 24.4. The standard InChI is InChI=1S/C67H45BN2/c1-5-23-46(24-6-1)51-31-14-18-38-59(51)69-61-40-20-17-37-57(61)68-58-45-48(43-44-62(58)70(64-42-22-41-63(69)66(64)68)60-39-19-15-32-52(60)47-25-7-2-8-26-47)53-34-21-36-56-65(53)54-33-13-16-35-55(54)67(56,49-27-9-3-10-28-49)50-29-11-4-12-30-50/h1-45H. The summed E-state index contributed by atoms with van der Waals surface area (Å²) in [7, 11) is 0. The fourth-order valence-corrected chi connectivity index (χ4v) is 12.4. The predicted octanol–water partition coefficient (Wildman–Crippen LogP) is 15.1. The zero-order valence-electron chi connectivity index (χ0n) is 38.5. The average molecular weight is 889 g/mol. The molecule has 2 aliphatic heterocycles. The summed E-state index contributed by atoms with van der Waals surface area (Å²) in [5.41, 5.74) is 25.4. The van der Waals surface area contributed by atoms with Crippen LogP contribution in [-0.2, 0) is 5.41 Å². The lowest BCUT2D eigenvalue weighted by Gasteiger charge is -2.44. The Bertz CT molecular complexity index is 3740. The number of benzene rings is 11. The van der Waals surface area contributed by atoms with Gasteiger partial charge in [0.05, 0.1) is 16.8 Å². The molecule has 3 aliphatic rings. The molecule has 0 aromatic heterocycles. The van der Waals surface area contributed by atoms with Crippen LogP contribution in [0.4, 0.5) is 34.1 Å². The van der Waals surface area contributed by atoms with Gasteiger partial charge in [-0.3, -0.25) is 0 Å². The van der Waals surface area contributed by atoms with Crippen molar-refractivity contribution in [1.82, 2.24) is 0 Å². The summed E-state index contributed by atoms with van der Waals surface area (Å²) in [4.78, 5) is 5.07. The van der Waals surface area contributed by atoms with E-state index in [-0.39, 0.29) is 6.71 Å². The summed E-state index contributed by atoms with van der Waals surface area (Å²) in [6, 6.07) is 101. The third kappa shape index (κ3) is 5.88. The zero-order valence-corrected chi connectivity index (χ0v) is 38.5. The molecule has 0 bridgehead atoms. The molecule has 0 atom stereocenters. The lowest BCUT2D eigenvalue weighted by molar-refractivity contribution is 0.768. The van der Waals surface area contributed by atoms with Crippen LogP contribution in [0.5, 0.6) is 0 Å². The van der Waals surface area contributed by atoms with E-state index in [4.69, 9.17) is 0 Å². The third-order valence-corrected chi connectivity index (χ3v) is 15.2. The minimum atomic E-state index is -0.494. The molecule has 2 nitrogen and oxygen atoms in total. The van der Waals surface area contributed by atoms with Crippen LogP contribution in [0.25, 0.3) is 44.5 Å². The number of nitrogens with zero attached hydrogens (tertiary/aromatic N) is 2. The van der Waals surface area contributed by atoms with E-state index in [0.717, 1.165) is 11.4 Å². The molecule has 1 aliphatic carbocycles. The van der Waals surface area contributed by atoms with Gasteiger partial charge in [0, 0.05) is 33.9 Å². The van der Waals surface area contributed by atoms with Crippen LogP contribution in [0.2, 0.25) is 0 Å². The molecule has 70 heavy (non-hydrogen) atoms. The molecular weight excluding hydrogens is 844 g/mol. The highest BCUT2D eigenvalue weighted by atomic mass is 15.2. The predicted molar refractivity (Wildman–Crippen MR) is 294 cm³/mol. The quantitative estimate of drug-likeness (QED) is 0.147. The summed E-state index contributed by atoms with van der Waals surface area (Å²) < 4.78 is 0. The average Bonchev–Trinajstić information content (AvgIpc) is 3.75. The first-order chi connectivity index (χ1) is 34.8. The Labute approximate surface area is 410 Å². The number of anilines is 6. The highest BCUT2D eigenvalue weighted by Crippen LogP contribution is 2.58. The van der Waals surface area contributed by atoms with E-state index in [1.165, 1.54) is 106 Å². The maximum Gasteiger partial charge on any atom is 0.252 e. The molecule has 0 unspecified atom stereocenters. The fraction of sp³-hybridized carbons (Fsp3) is 0.0149. The van der Waals surface area contributed by atoms with Crippen LogP contribution in [0.15, 0.2) is 273 Å². The molecule has 14 rings (SSSR count). The molecule has 0 amide bonds. The first-order valence-electron chi connectivity index (χ1n) is 24.4. The van der Waals surface area contributed by atoms with Crippen molar-refractivity contribution in [2.24, 2.45) is 0 Å². The lowest BCUT2D eigenvalue weighted by Crippen LogP contribution is -2.61. The Balaban J connectivity index is 1.04. The van der Waals surface area contributed by atoms with Gasteiger partial charge in [0.15, 0.2) is 0 Å². The molecule has 11 aromatic carbocycles. The van der Waals surface area contributed by atoms with Crippen LogP contribution in [-0.4, -0.2) is 6.71 Å². The topological polar surface area (TPSA) is 6.48 Å². The van der Waals surface area contributed by atoms with E-state index in [9.17, 15) is 0 Å². The number of fused-ring (bicyclic) bond motifs is 7. The SMILES string of the molecule is c1ccc(-c2ccccc2N2c3ccccc3B3c4cc(-c5cccc6c5-c5ccccc5C6(c5ccccc5)c5ccccc5)ccc4N(c4ccccc4-c4ccccc4)c4cccc2c43)cc1. The van der Waals surface area contributed by atoms with E-state index >= 15 is 0 Å². The van der Waals surface area contributed by atoms with E-state index in [0.29, 0.717) is 0 Å². The molecule has 2 heterocycles. The van der Waals surface area contributed by atoms with Crippen molar-refractivity contribution >= 4 is 57.2 Å². The minimum absolute atomic E-state index is 0.0469. The van der Waals surface area contributed by atoms with Crippen LogP contribution >= 0.6 is 0 Å². The number of para-hydroxylation sites is 3. The molecule has 0 saturated heterocycles. The second kappa shape index (κ2) is 16.1. The van der Waals surface area contributed by atoms with Crippen molar-refractivity contribution < 1.29 is 0 Å². The van der Waals surface area contributed by atoms with Gasteiger partial charge in [-0.1, -0.05) is 237 Å². The molecule has 0 saturated carbocycles. The maximum absolute atomic E-state index is 2.55. The molecule has 0 radical (unpaired) electrons. The van der Waals surface area contributed by atoms with Gasteiger partial charge in [-0.05, 0) is 108 Å². The van der Waals surface area contributed by atoms with Gasteiger partial charge in [0.1, 0.15) is 0 Å². The Hall–Kier alpha value is -8.92.